The highest BCUT2D eigenvalue weighted by Gasteiger charge is 2.29. The maximum atomic E-state index is 12.1. The summed E-state index contributed by atoms with van der Waals surface area (Å²) < 4.78 is 0. The van der Waals surface area contributed by atoms with Crippen molar-refractivity contribution in [1.82, 2.24) is 5.32 Å². The lowest BCUT2D eigenvalue weighted by Gasteiger charge is -2.31. The largest absolute Gasteiger partial charge is 0.396 e. The first-order valence-electron chi connectivity index (χ1n) is 6.98. The lowest BCUT2D eigenvalue weighted by molar-refractivity contribution is -0.127. The fourth-order valence-electron chi connectivity index (χ4n) is 3.01. The summed E-state index contributed by atoms with van der Waals surface area (Å²) in [4.78, 5) is 12.1. The topological polar surface area (TPSA) is 49.3 Å². The first-order valence-corrected chi connectivity index (χ1v) is 6.98. The quantitative estimate of drug-likeness (QED) is 0.776. The highest BCUT2D eigenvalue weighted by molar-refractivity contribution is 5.79. The minimum absolute atomic E-state index is 0.139. The van der Waals surface area contributed by atoms with E-state index in [1.165, 1.54) is 6.42 Å². The van der Waals surface area contributed by atoms with E-state index in [9.17, 15) is 4.79 Å². The van der Waals surface area contributed by atoms with Gasteiger partial charge in [0, 0.05) is 18.6 Å². The Morgan fingerprint density at radius 3 is 2.35 bits per heavy atom. The van der Waals surface area contributed by atoms with Gasteiger partial charge in [0.15, 0.2) is 0 Å². The van der Waals surface area contributed by atoms with Gasteiger partial charge in [-0.3, -0.25) is 4.79 Å². The molecule has 0 aliphatic heterocycles. The van der Waals surface area contributed by atoms with Crippen LogP contribution >= 0.6 is 0 Å². The zero-order valence-corrected chi connectivity index (χ0v) is 11.4. The van der Waals surface area contributed by atoms with Crippen molar-refractivity contribution in [1.29, 1.82) is 0 Å². The van der Waals surface area contributed by atoms with E-state index in [1.807, 2.05) is 6.92 Å². The third kappa shape index (κ3) is 4.66. The molecule has 1 aliphatic rings. The third-order valence-corrected chi connectivity index (χ3v) is 3.87. The van der Waals surface area contributed by atoms with Crippen molar-refractivity contribution in [3.8, 4) is 0 Å². The van der Waals surface area contributed by atoms with E-state index in [-0.39, 0.29) is 24.5 Å². The Kier molecular flexibility index (Phi) is 5.96. The smallest absolute Gasteiger partial charge is 0.223 e. The van der Waals surface area contributed by atoms with Crippen LogP contribution in [0.25, 0.3) is 0 Å². The van der Waals surface area contributed by atoms with Crippen LogP contribution in [0, 0.1) is 17.8 Å². The van der Waals surface area contributed by atoms with Gasteiger partial charge in [-0.25, -0.2) is 0 Å². The van der Waals surface area contributed by atoms with Crippen molar-refractivity contribution in [2.45, 2.75) is 58.9 Å². The van der Waals surface area contributed by atoms with Crippen LogP contribution in [0.4, 0.5) is 0 Å². The van der Waals surface area contributed by atoms with Gasteiger partial charge in [-0.15, -0.1) is 0 Å². The summed E-state index contributed by atoms with van der Waals surface area (Å²) in [6.07, 6.45) is 4.85. The van der Waals surface area contributed by atoms with Gasteiger partial charge in [-0.2, -0.15) is 0 Å². The van der Waals surface area contributed by atoms with Crippen LogP contribution in [-0.2, 0) is 4.79 Å². The summed E-state index contributed by atoms with van der Waals surface area (Å²) >= 11 is 0. The van der Waals surface area contributed by atoms with E-state index in [0.29, 0.717) is 18.3 Å². The summed E-state index contributed by atoms with van der Waals surface area (Å²) in [7, 11) is 0. The number of hydrogen-bond acceptors (Lipinski definition) is 2. The van der Waals surface area contributed by atoms with Crippen molar-refractivity contribution in [3.63, 3.8) is 0 Å². The molecule has 1 aliphatic carbocycles. The number of nitrogens with one attached hydrogen (secondary N) is 1. The second-order valence-electron chi connectivity index (χ2n) is 5.74. The molecule has 0 radical (unpaired) electrons. The Balaban J connectivity index is 2.45. The standard InChI is InChI=1S/C14H27NO2/c1-4-13(5-6-16)15-14(17)12-8-10(2)7-11(3)9-12/h10-13,16H,4-9H2,1-3H3,(H,15,17). The van der Waals surface area contributed by atoms with Crippen molar-refractivity contribution in [2.24, 2.45) is 17.8 Å². The van der Waals surface area contributed by atoms with Crippen LogP contribution in [0.1, 0.15) is 52.9 Å². The van der Waals surface area contributed by atoms with Crippen molar-refractivity contribution >= 4 is 5.91 Å². The van der Waals surface area contributed by atoms with E-state index in [1.54, 1.807) is 0 Å². The molecule has 0 aromatic carbocycles. The van der Waals surface area contributed by atoms with E-state index >= 15 is 0 Å². The molecule has 1 fully saturated rings. The highest BCUT2D eigenvalue weighted by Crippen LogP contribution is 2.32. The van der Waals surface area contributed by atoms with Crippen LogP contribution in [0.15, 0.2) is 0 Å². The van der Waals surface area contributed by atoms with Crippen LogP contribution in [0.5, 0.6) is 0 Å². The molecule has 3 atom stereocenters. The summed E-state index contributed by atoms with van der Waals surface area (Å²) in [6, 6.07) is 0.139. The molecule has 3 nitrogen and oxygen atoms in total. The zero-order valence-electron chi connectivity index (χ0n) is 11.4. The molecule has 1 rings (SSSR count). The summed E-state index contributed by atoms with van der Waals surface area (Å²) in [5, 5.41) is 12.0. The molecular formula is C14H27NO2. The zero-order chi connectivity index (χ0) is 12.8. The van der Waals surface area contributed by atoms with Crippen LogP contribution in [-0.4, -0.2) is 23.7 Å². The fraction of sp³-hybridized carbons (Fsp3) is 0.929. The van der Waals surface area contributed by atoms with Gasteiger partial charge in [0.2, 0.25) is 5.91 Å². The molecule has 0 saturated heterocycles. The second-order valence-corrected chi connectivity index (χ2v) is 5.74. The molecule has 1 amide bonds. The molecule has 0 aromatic heterocycles. The van der Waals surface area contributed by atoms with Crippen molar-refractivity contribution < 1.29 is 9.90 Å². The Hall–Kier alpha value is -0.570. The van der Waals surface area contributed by atoms with Gasteiger partial charge in [-0.05, 0) is 43.9 Å². The maximum absolute atomic E-state index is 12.1. The number of aliphatic hydroxyl groups excluding tert-OH is 1. The van der Waals surface area contributed by atoms with Crippen LogP contribution in [0.2, 0.25) is 0 Å². The van der Waals surface area contributed by atoms with Crippen LogP contribution < -0.4 is 5.32 Å². The molecule has 1 saturated carbocycles. The van der Waals surface area contributed by atoms with Gasteiger partial charge in [0.1, 0.15) is 0 Å². The number of carbonyl (C=O) groups excluding carboxylic acids is 1. The molecule has 0 bridgehead atoms. The normalized spacial score (nSPS) is 30.9. The Bertz CT molecular complexity index is 232. The van der Waals surface area contributed by atoms with Crippen molar-refractivity contribution in [2.75, 3.05) is 6.61 Å². The molecule has 0 spiro atoms. The predicted octanol–water partition coefficient (Wildman–Crippen LogP) is 2.34. The van der Waals surface area contributed by atoms with E-state index < -0.39 is 0 Å². The number of carbonyl (C=O) groups is 1. The fourth-order valence-corrected chi connectivity index (χ4v) is 3.01. The molecule has 2 N–H and O–H groups in total. The number of amides is 1. The summed E-state index contributed by atoms with van der Waals surface area (Å²) in [5.74, 6) is 1.70. The second kappa shape index (κ2) is 7.00. The molecule has 3 unspecified atom stereocenters. The monoisotopic (exact) mass is 241 g/mol. The predicted molar refractivity (Wildman–Crippen MR) is 69.6 cm³/mol. The van der Waals surface area contributed by atoms with Gasteiger partial charge >= 0.3 is 0 Å². The van der Waals surface area contributed by atoms with Crippen LogP contribution in [0.3, 0.4) is 0 Å². The first kappa shape index (κ1) is 14.5. The molecule has 0 heterocycles. The Morgan fingerprint density at radius 2 is 1.88 bits per heavy atom. The third-order valence-electron chi connectivity index (χ3n) is 3.87. The minimum Gasteiger partial charge on any atom is -0.396 e. The van der Waals surface area contributed by atoms with Crippen molar-refractivity contribution in [3.05, 3.63) is 0 Å². The SMILES string of the molecule is CCC(CCO)NC(=O)C1CC(C)CC(C)C1. The highest BCUT2D eigenvalue weighted by atomic mass is 16.3. The molecule has 17 heavy (non-hydrogen) atoms. The minimum atomic E-state index is 0.139. The molecule has 3 heteroatoms. The number of rotatable bonds is 5. The lowest BCUT2D eigenvalue weighted by Crippen LogP contribution is -2.41. The summed E-state index contributed by atoms with van der Waals surface area (Å²) in [5.41, 5.74) is 0. The Labute approximate surface area is 105 Å². The van der Waals surface area contributed by atoms with E-state index in [0.717, 1.165) is 19.3 Å². The molecule has 0 aromatic rings. The lowest BCUT2D eigenvalue weighted by atomic mass is 9.76. The first-order chi connectivity index (χ1) is 8.06. The van der Waals surface area contributed by atoms with E-state index in [4.69, 9.17) is 5.11 Å². The molecule has 100 valence electrons. The van der Waals surface area contributed by atoms with Gasteiger partial charge in [0.25, 0.3) is 0 Å². The van der Waals surface area contributed by atoms with E-state index in [2.05, 4.69) is 19.2 Å². The van der Waals surface area contributed by atoms with Gasteiger partial charge in [-0.1, -0.05) is 20.8 Å². The molecular weight excluding hydrogens is 214 g/mol. The van der Waals surface area contributed by atoms with Gasteiger partial charge < -0.3 is 10.4 Å². The average molecular weight is 241 g/mol. The number of hydrogen-bond donors (Lipinski definition) is 2. The number of aliphatic hydroxyl groups is 1. The van der Waals surface area contributed by atoms with Gasteiger partial charge in [0.05, 0.1) is 0 Å². The Morgan fingerprint density at radius 1 is 1.29 bits per heavy atom. The summed E-state index contributed by atoms with van der Waals surface area (Å²) in [6.45, 7) is 6.67. The average Bonchev–Trinajstić information content (AvgIpc) is 2.27. The maximum Gasteiger partial charge on any atom is 0.223 e.